The summed E-state index contributed by atoms with van der Waals surface area (Å²) in [5.41, 5.74) is 2.75. The SMILES string of the molecule is C[Si](C)(C)C#CCOC(=O)N1CCC2(CC1)OCC1(COC3(CCN(C(=O)Cn4cc(COC(=O)N5CCC6(CC5)OCC5(COC7(CCN(C(=O)CO)CC7)OC5)CO6)nn4)CC3)OC1)CO2. The maximum Gasteiger partial charge on any atom is 0.410 e. The molecule has 0 atom stereocenters. The number of likely N-dealkylation sites (tertiary alicyclic amines) is 4. The Bertz CT molecular complexity index is 2010. The number of amides is 4. The van der Waals surface area contributed by atoms with Crippen molar-refractivity contribution in [3.05, 3.63) is 11.9 Å². The van der Waals surface area contributed by atoms with E-state index in [4.69, 9.17) is 47.4 Å². The van der Waals surface area contributed by atoms with Gasteiger partial charge in [-0.05, 0) is 0 Å². The highest BCUT2D eigenvalue weighted by molar-refractivity contribution is 6.83. The molecule has 8 aliphatic rings. The molecule has 1 N–H and O–H groups in total. The maximum absolute atomic E-state index is 13.3. The van der Waals surface area contributed by atoms with E-state index >= 15 is 0 Å². The van der Waals surface area contributed by atoms with Crippen LogP contribution in [0.1, 0.15) is 57.1 Å². The van der Waals surface area contributed by atoms with E-state index in [1.807, 2.05) is 0 Å². The second-order valence-corrected chi connectivity index (χ2v) is 25.7. The highest BCUT2D eigenvalue weighted by atomic mass is 28.3. The molecule has 0 radical (unpaired) electrons. The highest BCUT2D eigenvalue weighted by Crippen LogP contribution is 2.44. The number of aromatic nitrogens is 3. The number of hydrogen-bond donors (Lipinski definition) is 1. The van der Waals surface area contributed by atoms with Gasteiger partial charge in [0.2, 0.25) is 11.8 Å². The summed E-state index contributed by atoms with van der Waals surface area (Å²) < 4.78 is 63.1. The van der Waals surface area contributed by atoms with Gasteiger partial charge in [-0.1, -0.05) is 30.8 Å². The first-order valence-electron chi connectivity index (χ1n) is 24.0. The molecule has 23 heteroatoms. The monoisotopic (exact) mass is 973 g/mol. The van der Waals surface area contributed by atoms with E-state index < -0.39 is 54.8 Å². The summed E-state index contributed by atoms with van der Waals surface area (Å²) in [4.78, 5) is 57.5. The average Bonchev–Trinajstić information content (AvgIpc) is 3.81. The van der Waals surface area contributed by atoms with Gasteiger partial charge >= 0.3 is 12.2 Å². The zero-order valence-corrected chi connectivity index (χ0v) is 40.7. The van der Waals surface area contributed by atoms with Gasteiger partial charge in [-0.3, -0.25) is 9.59 Å². The molecule has 6 spiro atoms. The van der Waals surface area contributed by atoms with Gasteiger partial charge in [0.05, 0.1) is 69.9 Å². The first-order chi connectivity index (χ1) is 32.5. The van der Waals surface area contributed by atoms with Crippen molar-refractivity contribution in [2.24, 2.45) is 10.8 Å². The van der Waals surface area contributed by atoms with Crippen LogP contribution in [0.3, 0.4) is 0 Å². The van der Waals surface area contributed by atoms with Crippen molar-refractivity contribution in [2.75, 3.05) is 118 Å². The second-order valence-electron chi connectivity index (χ2n) is 20.9. The van der Waals surface area contributed by atoms with Crippen molar-refractivity contribution in [2.45, 2.75) is 107 Å². The van der Waals surface area contributed by atoms with Crippen molar-refractivity contribution in [3.8, 4) is 11.5 Å². The Hall–Kier alpha value is -3.96. The number of piperidine rings is 4. The molecule has 4 amide bonds. The largest absolute Gasteiger partial charge is 0.443 e. The minimum atomic E-state index is -1.52. The molecule has 1 aromatic rings. The molecule has 0 aromatic carbocycles. The van der Waals surface area contributed by atoms with E-state index in [0.717, 1.165) is 0 Å². The fourth-order valence-electron chi connectivity index (χ4n) is 9.89. The third kappa shape index (κ3) is 11.1. The lowest BCUT2D eigenvalue weighted by Gasteiger charge is -2.53. The Morgan fingerprint density at radius 3 is 1.34 bits per heavy atom. The van der Waals surface area contributed by atoms with Crippen LogP contribution in [0, 0.1) is 22.3 Å². The lowest BCUT2D eigenvalue weighted by atomic mass is 9.87. The highest BCUT2D eigenvalue weighted by Gasteiger charge is 2.54. The predicted molar refractivity (Wildman–Crippen MR) is 236 cm³/mol. The zero-order chi connectivity index (χ0) is 47.7. The van der Waals surface area contributed by atoms with Crippen LogP contribution in [0.25, 0.3) is 0 Å². The summed E-state index contributed by atoms with van der Waals surface area (Å²) in [6.07, 6.45) is 4.94. The van der Waals surface area contributed by atoms with Gasteiger partial charge in [-0.25, -0.2) is 14.3 Å². The van der Waals surface area contributed by atoms with Crippen molar-refractivity contribution in [3.63, 3.8) is 0 Å². The first-order valence-corrected chi connectivity index (χ1v) is 27.5. The van der Waals surface area contributed by atoms with Crippen molar-refractivity contribution in [1.29, 1.82) is 0 Å². The van der Waals surface area contributed by atoms with Crippen LogP contribution >= 0.6 is 0 Å². The molecule has 0 unspecified atom stereocenters. The summed E-state index contributed by atoms with van der Waals surface area (Å²) in [5.74, 6) is -0.497. The summed E-state index contributed by atoms with van der Waals surface area (Å²) in [6, 6.07) is 0. The van der Waals surface area contributed by atoms with Crippen LogP contribution in [0.15, 0.2) is 6.20 Å². The van der Waals surface area contributed by atoms with Crippen molar-refractivity contribution < 1.29 is 71.7 Å². The van der Waals surface area contributed by atoms with Crippen molar-refractivity contribution >= 4 is 32.1 Å². The molecular formula is C45H67N7O15Si. The van der Waals surface area contributed by atoms with Crippen LogP contribution in [0.2, 0.25) is 19.6 Å². The molecule has 22 nitrogen and oxygen atoms in total. The molecule has 0 saturated carbocycles. The van der Waals surface area contributed by atoms with E-state index in [1.165, 1.54) is 4.68 Å². The third-order valence-electron chi connectivity index (χ3n) is 14.5. The molecule has 8 fully saturated rings. The summed E-state index contributed by atoms with van der Waals surface area (Å²) >= 11 is 0. The Morgan fingerprint density at radius 1 is 0.588 bits per heavy atom. The lowest BCUT2D eigenvalue weighted by molar-refractivity contribution is -0.377. The Morgan fingerprint density at radius 2 is 0.956 bits per heavy atom. The number of aliphatic hydroxyl groups excluding tert-OH is 1. The molecular weight excluding hydrogens is 907 g/mol. The van der Waals surface area contributed by atoms with E-state index in [0.29, 0.717) is 162 Å². The van der Waals surface area contributed by atoms with Gasteiger partial charge in [0.15, 0.2) is 29.8 Å². The first kappa shape index (κ1) is 49.0. The Balaban J connectivity index is 0.636. The predicted octanol–water partition coefficient (Wildman–Crippen LogP) is 1.31. The van der Waals surface area contributed by atoms with Crippen molar-refractivity contribution in [1.82, 2.24) is 34.6 Å². The number of aliphatic hydroxyl groups is 1. The van der Waals surface area contributed by atoms with Crippen LogP contribution in [-0.2, 0) is 70.1 Å². The molecule has 9 heterocycles. The van der Waals surface area contributed by atoms with Gasteiger partial charge < -0.3 is 72.1 Å². The number of ether oxygens (including phenoxy) is 10. The number of rotatable bonds is 6. The van der Waals surface area contributed by atoms with Gasteiger partial charge in [0.25, 0.3) is 0 Å². The molecule has 1 aromatic heterocycles. The van der Waals surface area contributed by atoms with Gasteiger partial charge in [-0.15, -0.1) is 10.6 Å². The zero-order valence-electron chi connectivity index (χ0n) is 39.7. The van der Waals surface area contributed by atoms with E-state index in [2.05, 4.69) is 41.4 Å². The van der Waals surface area contributed by atoms with Crippen LogP contribution in [0.5, 0.6) is 0 Å². The average molecular weight is 974 g/mol. The molecule has 376 valence electrons. The number of hydrogen-bond acceptors (Lipinski definition) is 17. The number of nitrogens with zero attached hydrogens (tertiary/aromatic N) is 7. The summed E-state index contributed by atoms with van der Waals surface area (Å²) in [6.45, 7) is 12.8. The molecule has 8 aliphatic heterocycles. The molecule has 0 aliphatic carbocycles. The Labute approximate surface area is 397 Å². The van der Waals surface area contributed by atoms with E-state index in [9.17, 15) is 24.3 Å². The number of carbonyl (C=O) groups excluding carboxylic acids is 4. The molecule has 68 heavy (non-hydrogen) atoms. The van der Waals surface area contributed by atoms with E-state index in [-0.39, 0.29) is 37.7 Å². The topological polar surface area (TPSA) is 224 Å². The Kier molecular flexibility index (Phi) is 14.2. The quantitative estimate of drug-likeness (QED) is 0.313. The van der Waals surface area contributed by atoms with E-state index in [1.54, 1.807) is 25.8 Å². The molecule has 0 bridgehead atoms. The van der Waals surface area contributed by atoms with Gasteiger partial charge in [-0.2, -0.15) is 0 Å². The van der Waals surface area contributed by atoms with Crippen LogP contribution < -0.4 is 0 Å². The van der Waals surface area contributed by atoms with Crippen LogP contribution in [0.4, 0.5) is 9.59 Å². The smallest absolute Gasteiger partial charge is 0.410 e. The fourth-order valence-corrected chi connectivity index (χ4v) is 10.5. The lowest BCUT2D eigenvalue weighted by Crippen LogP contribution is -2.62. The van der Waals surface area contributed by atoms with Gasteiger partial charge in [0, 0.05) is 104 Å². The van der Waals surface area contributed by atoms with Gasteiger partial charge in [0.1, 0.15) is 33.5 Å². The van der Waals surface area contributed by atoms with Crippen LogP contribution in [-0.4, -0.2) is 213 Å². The standard InChI is InChI=1S/C45H67N7O15Si/c1-68(2,3)22-4-21-58-38(56)50-17-9-44(10-18-50)64-31-40(32-65-44)27-60-42(61-28-40)5-13-48(14-6-42)36(54)24-52-23-35(46-47-52)26-59-39(57)51-19-11-45(12-20-51)66-33-41(34-67-45)29-62-43(63-30-41)7-15-49(16-8-43)37(55)25-53/h23,53H,5-21,24-34H2,1-3H3. The molecule has 9 rings (SSSR count). The minimum absolute atomic E-state index is 0.0114. The maximum atomic E-state index is 13.3. The fraction of sp³-hybridized carbons (Fsp3) is 0.822. The minimum Gasteiger partial charge on any atom is -0.443 e. The third-order valence-corrected chi connectivity index (χ3v) is 15.5. The second kappa shape index (κ2) is 19.7. The summed E-state index contributed by atoms with van der Waals surface area (Å²) in [5, 5.41) is 17.4. The molecule has 8 saturated heterocycles. The number of carbonyl (C=O) groups is 4. The normalized spacial score (nSPS) is 25.9. The summed E-state index contributed by atoms with van der Waals surface area (Å²) in [7, 11) is -1.52.